The van der Waals surface area contributed by atoms with Crippen molar-refractivity contribution in [3.8, 4) is 0 Å². The van der Waals surface area contributed by atoms with Gasteiger partial charge in [0, 0.05) is 13.0 Å². The predicted molar refractivity (Wildman–Crippen MR) is 54.0 cm³/mol. The van der Waals surface area contributed by atoms with Gasteiger partial charge >= 0.3 is 0 Å². The van der Waals surface area contributed by atoms with Crippen molar-refractivity contribution in [1.82, 2.24) is 0 Å². The quantitative estimate of drug-likeness (QED) is 0.486. The van der Waals surface area contributed by atoms with Gasteiger partial charge in [-0.1, -0.05) is 13.3 Å². The highest BCUT2D eigenvalue weighted by Gasteiger charge is 2.25. The molecule has 0 saturated carbocycles. The van der Waals surface area contributed by atoms with Gasteiger partial charge in [0.05, 0.1) is 25.4 Å². The Morgan fingerprint density at radius 3 is 3.14 bits per heavy atom. The Morgan fingerprint density at radius 1 is 1.57 bits per heavy atom. The lowest BCUT2D eigenvalue weighted by Crippen LogP contribution is -2.15. The first-order valence-corrected chi connectivity index (χ1v) is 5.90. The zero-order chi connectivity index (χ0) is 10.2. The number of ether oxygens (including phenoxy) is 2. The summed E-state index contributed by atoms with van der Waals surface area (Å²) in [7, 11) is -0.693. The Kier molecular flexibility index (Phi) is 6.28. The summed E-state index contributed by atoms with van der Waals surface area (Å²) in [6, 6.07) is 0. The summed E-state index contributed by atoms with van der Waals surface area (Å²) in [5.74, 6) is 0. The third-order valence-electron chi connectivity index (χ3n) is 2.22. The molecular weight excluding hydrogens is 203 g/mol. The van der Waals surface area contributed by atoms with Crippen LogP contribution in [0.1, 0.15) is 26.2 Å². The standard InChI is InChI=1S/C9H18O4P/c1-2-3-4-11-8-5-9(12-6-8)7-13-14-10/h8-9,14H,2-7H2,1H3. The van der Waals surface area contributed by atoms with E-state index in [0.29, 0.717) is 13.2 Å². The van der Waals surface area contributed by atoms with Gasteiger partial charge in [-0.05, 0) is 6.42 Å². The van der Waals surface area contributed by atoms with Gasteiger partial charge in [0.2, 0.25) is 0 Å². The van der Waals surface area contributed by atoms with Gasteiger partial charge in [-0.15, -0.1) is 0 Å². The average molecular weight is 221 g/mol. The van der Waals surface area contributed by atoms with E-state index in [-0.39, 0.29) is 12.2 Å². The fraction of sp³-hybridized carbons (Fsp3) is 1.00. The lowest BCUT2D eigenvalue weighted by molar-refractivity contribution is 0.0310. The van der Waals surface area contributed by atoms with Crippen molar-refractivity contribution in [2.24, 2.45) is 0 Å². The Labute approximate surface area is 86.2 Å². The molecule has 1 fully saturated rings. The molecule has 3 unspecified atom stereocenters. The second-order valence-corrected chi connectivity index (χ2v) is 3.89. The van der Waals surface area contributed by atoms with Crippen LogP contribution in [0, 0.1) is 0 Å². The molecule has 1 aliphatic rings. The van der Waals surface area contributed by atoms with E-state index in [0.717, 1.165) is 25.9 Å². The molecule has 1 rings (SSSR count). The molecule has 0 N–H and O–H groups in total. The largest absolute Gasteiger partial charge is 0.376 e. The van der Waals surface area contributed by atoms with Crippen LogP contribution in [0.15, 0.2) is 0 Å². The van der Waals surface area contributed by atoms with Gasteiger partial charge < -0.3 is 14.0 Å². The molecule has 0 amide bonds. The maximum absolute atomic E-state index is 10.1. The summed E-state index contributed by atoms with van der Waals surface area (Å²) in [6.07, 6.45) is 3.36. The predicted octanol–water partition coefficient (Wildman–Crippen LogP) is 1.92. The van der Waals surface area contributed by atoms with Gasteiger partial charge in [-0.3, -0.25) is 4.57 Å². The van der Waals surface area contributed by atoms with Crippen LogP contribution in [0.4, 0.5) is 0 Å². The highest BCUT2D eigenvalue weighted by molar-refractivity contribution is 7.17. The molecule has 1 radical (unpaired) electrons. The van der Waals surface area contributed by atoms with E-state index in [1.807, 2.05) is 0 Å². The van der Waals surface area contributed by atoms with Crippen LogP contribution in [0.5, 0.6) is 0 Å². The van der Waals surface area contributed by atoms with Crippen molar-refractivity contribution >= 4 is 8.69 Å². The third kappa shape index (κ3) is 4.47. The fourth-order valence-corrected chi connectivity index (χ4v) is 1.68. The summed E-state index contributed by atoms with van der Waals surface area (Å²) in [4.78, 5) is 0. The molecule has 1 aliphatic heterocycles. The first-order valence-electron chi connectivity index (χ1n) is 5.09. The minimum atomic E-state index is -0.693. The van der Waals surface area contributed by atoms with Crippen LogP contribution in [-0.2, 0) is 18.6 Å². The molecule has 83 valence electrons. The van der Waals surface area contributed by atoms with Crippen LogP contribution in [0.3, 0.4) is 0 Å². The topological polar surface area (TPSA) is 44.8 Å². The van der Waals surface area contributed by atoms with Crippen LogP contribution in [-0.4, -0.2) is 32.0 Å². The van der Waals surface area contributed by atoms with Gasteiger partial charge in [-0.25, -0.2) is 0 Å². The molecule has 3 atom stereocenters. The normalized spacial score (nSPS) is 27.2. The zero-order valence-corrected chi connectivity index (χ0v) is 9.53. The number of hydrogen-bond acceptors (Lipinski definition) is 4. The van der Waals surface area contributed by atoms with Crippen molar-refractivity contribution in [1.29, 1.82) is 0 Å². The van der Waals surface area contributed by atoms with E-state index < -0.39 is 8.69 Å². The summed E-state index contributed by atoms with van der Waals surface area (Å²) in [5, 5.41) is 0. The first-order chi connectivity index (χ1) is 6.86. The van der Waals surface area contributed by atoms with Crippen molar-refractivity contribution in [2.75, 3.05) is 19.8 Å². The number of hydrogen-bond donors (Lipinski definition) is 0. The second-order valence-electron chi connectivity index (χ2n) is 3.43. The lowest BCUT2D eigenvalue weighted by atomic mass is 10.2. The van der Waals surface area contributed by atoms with Crippen molar-refractivity contribution in [2.45, 2.75) is 38.4 Å². The van der Waals surface area contributed by atoms with Gasteiger partial charge in [0.25, 0.3) is 0 Å². The number of rotatable bonds is 7. The van der Waals surface area contributed by atoms with Crippen LogP contribution >= 0.6 is 8.69 Å². The smallest absolute Gasteiger partial charge is 0.198 e. The maximum Gasteiger partial charge on any atom is 0.198 e. The highest BCUT2D eigenvalue weighted by atomic mass is 31.1. The van der Waals surface area contributed by atoms with E-state index >= 15 is 0 Å². The van der Waals surface area contributed by atoms with E-state index in [2.05, 4.69) is 6.92 Å². The molecule has 0 aliphatic carbocycles. The molecule has 0 spiro atoms. The summed E-state index contributed by atoms with van der Waals surface area (Å²) < 4.78 is 25.9. The Hall–Kier alpha value is -0.0200. The summed E-state index contributed by atoms with van der Waals surface area (Å²) in [5.41, 5.74) is 0. The Bertz CT molecular complexity index is 165. The van der Waals surface area contributed by atoms with E-state index in [1.54, 1.807) is 0 Å². The van der Waals surface area contributed by atoms with E-state index in [1.165, 1.54) is 0 Å². The van der Waals surface area contributed by atoms with Crippen molar-refractivity contribution < 1.29 is 18.6 Å². The van der Waals surface area contributed by atoms with Gasteiger partial charge in [0.15, 0.2) is 8.69 Å². The maximum atomic E-state index is 10.1. The number of unbranched alkanes of at least 4 members (excludes halogenated alkanes) is 1. The van der Waals surface area contributed by atoms with Crippen LogP contribution in [0.25, 0.3) is 0 Å². The summed E-state index contributed by atoms with van der Waals surface area (Å²) >= 11 is 0. The third-order valence-corrected chi connectivity index (χ3v) is 2.51. The SMILES string of the molecule is CCCCOC1COC(CO[PH]=O)C1. The molecule has 0 bridgehead atoms. The second kappa shape index (κ2) is 7.30. The van der Waals surface area contributed by atoms with Crippen LogP contribution < -0.4 is 0 Å². The Balaban J connectivity index is 2.04. The average Bonchev–Trinajstić information content (AvgIpc) is 2.63. The fourth-order valence-electron chi connectivity index (χ4n) is 1.43. The molecular formula is C9H18O4P. The minimum Gasteiger partial charge on any atom is -0.376 e. The molecule has 0 aromatic carbocycles. The molecule has 0 aromatic rings. The molecule has 5 heteroatoms. The monoisotopic (exact) mass is 221 g/mol. The summed E-state index contributed by atoms with van der Waals surface area (Å²) in [6.45, 7) is 4.00. The molecule has 1 saturated heterocycles. The lowest BCUT2D eigenvalue weighted by Gasteiger charge is -2.09. The van der Waals surface area contributed by atoms with Gasteiger partial charge in [-0.2, -0.15) is 0 Å². The van der Waals surface area contributed by atoms with Crippen molar-refractivity contribution in [3.63, 3.8) is 0 Å². The Morgan fingerprint density at radius 2 is 2.43 bits per heavy atom. The van der Waals surface area contributed by atoms with Gasteiger partial charge in [0.1, 0.15) is 0 Å². The van der Waals surface area contributed by atoms with Crippen LogP contribution in [0.2, 0.25) is 0 Å². The minimum absolute atomic E-state index is 0.0584. The van der Waals surface area contributed by atoms with Crippen molar-refractivity contribution in [3.05, 3.63) is 0 Å². The zero-order valence-electron chi connectivity index (χ0n) is 8.53. The molecule has 14 heavy (non-hydrogen) atoms. The highest BCUT2D eigenvalue weighted by Crippen LogP contribution is 2.18. The first kappa shape index (κ1) is 12.1. The van der Waals surface area contributed by atoms with E-state index in [9.17, 15) is 4.57 Å². The molecule has 1 heterocycles. The molecule has 0 aromatic heterocycles. The molecule has 4 nitrogen and oxygen atoms in total. The van der Waals surface area contributed by atoms with E-state index in [4.69, 9.17) is 14.0 Å².